The first-order valence-corrected chi connectivity index (χ1v) is 11.2. The van der Waals surface area contributed by atoms with Crippen molar-refractivity contribution in [3.63, 3.8) is 0 Å². The molecule has 0 unspecified atom stereocenters. The van der Waals surface area contributed by atoms with Crippen LogP contribution in [0.5, 0.6) is 0 Å². The number of aryl methyl sites for hydroxylation is 3. The smallest absolute Gasteiger partial charge is 0.270 e. The first kappa shape index (κ1) is 20.6. The first-order valence-electron chi connectivity index (χ1n) is 11.2. The van der Waals surface area contributed by atoms with Gasteiger partial charge in [-0.2, -0.15) is 0 Å². The van der Waals surface area contributed by atoms with Gasteiger partial charge in [-0.15, -0.1) is 0 Å². The molecule has 166 valence electrons. The van der Waals surface area contributed by atoms with Gasteiger partial charge < -0.3 is 19.6 Å². The van der Waals surface area contributed by atoms with Gasteiger partial charge in [0, 0.05) is 30.4 Å². The number of benzene rings is 1. The van der Waals surface area contributed by atoms with Gasteiger partial charge in [0.25, 0.3) is 5.91 Å². The van der Waals surface area contributed by atoms with Crippen LogP contribution in [-0.4, -0.2) is 59.6 Å². The number of H-pyrrole nitrogens is 1. The van der Waals surface area contributed by atoms with E-state index >= 15 is 0 Å². The van der Waals surface area contributed by atoms with E-state index in [1.165, 1.54) is 0 Å². The minimum absolute atomic E-state index is 0.00817. The summed E-state index contributed by atoms with van der Waals surface area (Å²) in [5.41, 5.74) is 5.28. The van der Waals surface area contributed by atoms with Crippen LogP contribution < -0.4 is 0 Å². The van der Waals surface area contributed by atoms with Crippen molar-refractivity contribution in [3.05, 3.63) is 52.9 Å². The number of likely N-dealkylation sites (tertiary alicyclic amines) is 1. The molecule has 0 aliphatic carbocycles. The lowest BCUT2D eigenvalue weighted by molar-refractivity contribution is 0.0542. The summed E-state index contributed by atoms with van der Waals surface area (Å²) < 4.78 is 2.16. The number of fused-ring (bicyclic) bond motifs is 2. The van der Waals surface area contributed by atoms with E-state index in [0.717, 1.165) is 51.4 Å². The van der Waals surface area contributed by atoms with E-state index in [1.807, 2.05) is 30.9 Å². The Kier molecular flexibility index (Phi) is 5.17. The summed E-state index contributed by atoms with van der Waals surface area (Å²) in [6, 6.07) is 8.15. The Labute approximate surface area is 186 Å². The molecule has 2 N–H and O–H groups in total. The quantitative estimate of drug-likeness (QED) is 0.516. The van der Waals surface area contributed by atoms with Gasteiger partial charge in [-0.25, -0.2) is 15.0 Å². The summed E-state index contributed by atoms with van der Waals surface area (Å²) in [6.45, 7) is 7.82. The maximum Gasteiger partial charge on any atom is 0.270 e. The number of amides is 1. The second-order valence-electron chi connectivity index (χ2n) is 8.62. The van der Waals surface area contributed by atoms with Crippen LogP contribution in [0.3, 0.4) is 0 Å². The van der Waals surface area contributed by atoms with Gasteiger partial charge in [0.15, 0.2) is 5.65 Å². The number of nitrogens with zero attached hydrogens (tertiary/aromatic N) is 5. The molecule has 1 aliphatic heterocycles. The maximum absolute atomic E-state index is 12.9. The van der Waals surface area contributed by atoms with Crippen LogP contribution in [0.1, 0.15) is 53.2 Å². The standard InChI is InChI=1S/C24H28N6O2/c1-4-21-28-22-14(2)25-15(3)26-23(22)30(21)13-16-5-6-19-17(11-16)12-20(27-19)24(32)29-9-7-18(31)8-10-29/h5-6,11-12,18,27,31H,4,7-10,13H2,1-3H3. The van der Waals surface area contributed by atoms with Gasteiger partial charge in [0.05, 0.1) is 18.3 Å². The zero-order valence-electron chi connectivity index (χ0n) is 18.7. The van der Waals surface area contributed by atoms with Crippen LogP contribution in [0.25, 0.3) is 22.1 Å². The molecular weight excluding hydrogens is 404 g/mol. The average molecular weight is 433 g/mol. The van der Waals surface area contributed by atoms with E-state index in [0.29, 0.717) is 38.2 Å². The summed E-state index contributed by atoms with van der Waals surface area (Å²) in [7, 11) is 0. The van der Waals surface area contributed by atoms with Gasteiger partial charge in [-0.05, 0) is 50.5 Å². The van der Waals surface area contributed by atoms with Gasteiger partial charge in [-0.1, -0.05) is 13.0 Å². The lowest BCUT2D eigenvalue weighted by atomic mass is 10.1. The van der Waals surface area contributed by atoms with Crippen LogP contribution >= 0.6 is 0 Å². The second kappa shape index (κ2) is 8.02. The third kappa shape index (κ3) is 3.64. The number of aromatic nitrogens is 5. The molecule has 1 aromatic carbocycles. The Bertz CT molecular complexity index is 1310. The summed E-state index contributed by atoms with van der Waals surface area (Å²) in [4.78, 5) is 31.9. The highest BCUT2D eigenvalue weighted by Crippen LogP contribution is 2.23. The minimum atomic E-state index is -0.297. The molecule has 0 spiro atoms. The van der Waals surface area contributed by atoms with Crippen LogP contribution in [0.4, 0.5) is 0 Å². The highest BCUT2D eigenvalue weighted by atomic mass is 16.3. The van der Waals surface area contributed by atoms with Gasteiger partial charge in [-0.3, -0.25) is 4.79 Å². The predicted octanol–water partition coefficient (Wildman–Crippen LogP) is 3.13. The molecule has 8 heteroatoms. The number of hydrogen-bond acceptors (Lipinski definition) is 5. The molecule has 1 fully saturated rings. The van der Waals surface area contributed by atoms with Crippen LogP contribution in [0, 0.1) is 13.8 Å². The molecule has 1 amide bonds. The van der Waals surface area contributed by atoms with Crippen molar-refractivity contribution in [2.45, 2.75) is 52.7 Å². The van der Waals surface area contributed by atoms with Crippen LogP contribution in [-0.2, 0) is 13.0 Å². The number of carbonyl (C=O) groups excluding carboxylic acids is 1. The summed E-state index contributed by atoms with van der Waals surface area (Å²) >= 11 is 0. The molecule has 4 aromatic rings. The van der Waals surface area contributed by atoms with Crippen LogP contribution in [0.2, 0.25) is 0 Å². The van der Waals surface area contributed by atoms with Gasteiger partial charge in [0.1, 0.15) is 22.9 Å². The number of hydrogen-bond donors (Lipinski definition) is 2. The molecule has 0 bridgehead atoms. The zero-order valence-corrected chi connectivity index (χ0v) is 18.7. The highest BCUT2D eigenvalue weighted by Gasteiger charge is 2.23. The number of aromatic amines is 1. The molecule has 1 saturated heterocycles. The van der Waals surface area contributed by atoms with E-state index in [4.69, 9.17) is 4.98 Å². The van der Waals surface area contributed by atoms with Crippen LogP contribution in [0.15, 0.2) is 24.3 Å². The number of nitrogens with one attached hydrogen (secondary N) is 1. The molecule has 3 aromatic heterocycles. The number of rotatable bonds is 4. The van der Waals surface area contributed by atoms with E-state index in [2.05, 4.69) is 38.6 Å². The van der Waals surface area contributed by atoms with Crippen molar-refractivity contribution in [2.24, 2.45) is 0 Å². The van der Waals surface area contributed by atoms with Crippen molar-refractivity contribution in [2.75, 3.05) is 13.1 Å². The number of aliphatic hydroxyl groups is 1. The summed E-state index contributed by atoms with van der Waals surface area (Å²) in [5, 5.41) is 10.7. The molecule has 8 nitrogen and oxygen atoms in total. The SMILES string of the molecule is CCc1nc2c(C)nc(C)nc2n1Cc1ccc2[nH]c(C(=O)N3CCC(O)CC3)cc2c1. The Morgan fingerprint density at radius 1 is 1.16 bits per heavy atom. The zero-order chi connectivity index (χ0) is 22.4. The number of carbonyl (C=O) groups is 1. The van der Waals surface area contributed by atoms with Crippen molar-refractivity contribution in [1.82, 2.24) is 29.4 Å². The Morgan fingerprint density at radius 3 is 2.69 bits per heavy atom. The van der Waals surface area contributed by atoms with Crippen molar-refractivity contribution in [1.29, 1.82) is 0 Å². The third-order valence-corrected chi connectivity index (χ3v) is 6.28. The summed E-state index contributed by atoms with van der Waals surface area (Å²) in [5.74, 6) is 1.72. The lowest BCUT2D eigenvalue weighted by Gasteiger charge is -2.29. The fourth-order valence-corrected chi connectivity index (χ4v) is 4.57. The monoisotopic (exact) mass is 432 g/mol. The third-order valence-electron chi connectivity index (χ3n) is 6.28. The van der Waals surface area contributed by atoms with Crippen molar-refractivity contribution < 1.29 is 9.90 Å². The van der Waals surface area contributed by atoms with E-state index in [1.54, 1.807) is 0 Å². The molecule has 0 atom stereocenters. The molecule has 0 saturated carbocycles. The summed E-state index contributed by atoms with van der Waals surface area (Å²) in [6.07, 6.45) is 1.79. The molecular formula is C24H28N6O2. The lowest BCUT2D eigenvalue weighted by Crippen LogP contribution is -2.40. The van der Waals surface area contributed by atoms with E-state index < -0.39 is 0 Å². The van der Waals surface area contributed by atoms with Gasteiger partial charge in [0.2, 0.25) is 0 Å². The normalized spacial score (nSPS) is 15.2. The second-order valence-corrected chi connectivity index (χ2v) is 8.62. The predicted molar refractivity (Wildman–Crippen MR) is 123 cm³/mol. The average Bonchev–Trinajstić information content (AvgIpc) is 3.35. The van der Waals surface area contributed by atoms with Crippen molar-refractivity contribution >= 4 is 28.0 Å². The topological polar surface area (TPSA) is 99.9 Å². The fourth-order valence-electron chi connectivity index (χ4n) is 4.57. The fraction of sp³-hybridized carbons (Fsp3) is 0.417. The number of aliphatic hydroxyl groups excluding tert-OH is 1. The molecule has 5 rings (SSSR count). The largest absolute Gasteiger partial charge is 0.393 e. The van der Waals surface area contributed by atoms with E-state index in [9.17, 15) is 9.90 Å². The molecule has 0 radical (unpaired) electrons. The number of imidazole rings is 1. The van der Waals surface area contributed by atoms with Crippen molar-refractivity contribution in [3.8, 4) is 0 Å². The molecule has 1 aliphatic rings. The van der Waals surface area contributed by atoms with E-state index in [-0.39, 0.29) is 12.0 Å². The molecule has 32 heavy (non-hydrogen) atoms. The Morgan fingerprint density at radius 2 is 1.94 bits per heavy atom. The Balaban J connectivity index is 1.46. The highest BCUT2D eigenvalue weighted by molar-refractivity contribution is 5.98. The van der Waals surface area contributed by atoms with Gasteiger partial charge >= 0.3 is 0 Å². The number of piperidine rings is 1. The minimum Gasteiger partial charge on any atom is -0.393 e. The Hall–Kier alpha value is -3.26. The maximum atomic E-state index is 12.9. The molecule has 4 heterocycles. The first-order chi connectivity index (χ1) is 15.4.